The molecule has 5 heteroatoms. The Labute approximate surface area is 95.7 Å². The van der Waals surface area contributed by atoms with Crippen molar-refractivity contribution in [1.82, 2.24) is 4.90 Å². The number of thioether (sulfide) groups is 1. The topological polar surface area (TPSA) is 72.4 Å². The van der Waals surface area contributed by atoms with Gasteiger partial charge in [-0.05, 0) is 31.3 Å². The molecule has 1 fully saturated rings. The van der Waals surface area contributed by atoms with Crippen molar-refractivity contribution in [3.63, 3.8) is 0 Å². The molecule has 0 saturated carbocycles. The van der Waals surface area contributed by atoms with Gasteiger partial charge in [-0.15, -0.1) is 0 Å². The molecule has 1 unspecified atom stereocenters. The molecule has 1 rings (SSSR count). The van der Waals surface area contributed by atoms with Crippen LogP contribution in [0.5, 0.6) is 0 Å². The van der Waals surface area contributed by atoms with Crippen LogP contribution in [0.3, 0.4) is 0 Å². The molecule has 0 aromatic rings. The van der Waals surface area contributed by atoms with Crippen LogP contribution >= 0.6 is 11.8 Å². The predicted octanol–water partition coefficient (Wildman–Crippen LogP) is 0.0165. The van der Waals surface area contributed by atoms with Crippen LogP contribution in [0, 0.1) is 0 Å². The van der Waals surface area contributed by atoms with Crippen LogP contribution in [-0.2, 0) is 4.79 Å². The lowest BCUT2D eigenvalue weighted by Crippen LogP contribution is -2.49. The molecule has 88 valence electrons. The Balaban J connectivity index is 2.32. The highest BCUT2D eigenvalue weighted by Gasteiger charge is 2.24. The molecule has 0 aromatic carbocycles. The smallest absolute Gasteiger partial charge is 0.239 e. The lowest BCUT2D eigenvalue weighted by atomic mass is 10.0. The van der Waals surface area contributed by atoms with Crippen molar-refractivity contribution >= 4 is 17.7 Å². The quantitative estimate of drug-likeness (QED) is 0.715. The fourth-order valence-electron chi connectivity index (χ4n) is 1.72. The number of amides is 1. The van der Waals surface area contributed by atoms with Crippen molar-refractivity contribution in [2.24, 2.45) is 11.5 Å². The highest BCUT2D eigenvalue weighted by Crippen LogP contribution is 2.10. The van der Waals surface area contributed by atoms with Gasteiger partial charge in [0.25, 0.3) is 0 Å². The molecule has 1 aliphatic heterocycles. The summed E-state index contributed by atoms with van der Waals surface area (Å²) in [6.07, 6.45) is 4.60. The SMILES string of the molecule is CSCCC(N)C(=O)N1CCC(N)CC1. The van der Waals surface area contributed by atoms with E-state index in [1.807, 2.05) is 11.2 Å². The first kappa shape index (κ1) is 12.8. The van der Waals surface area contributed by atoms with Gasteiger partial charge in [0.1, 0.15) is 0 Å². The van der Waals surface area contributed by atoms with Crippen LogP contribution in [0.15, 0.2) is 0 Å². The maximum Gasteiger partial charge on any atom is 0.239 e. The van der Waals surface area contributed by atoms with Crippen LogP contribution in [0.4, 0.5) is 0 Å². The minimum atomic E-state index is -0.327. The molecule has 0 bridgehead atoms. The normalized spacial score (nSPS) is 20.3. The van der Waals surface area contributed by atoms with Crippen LogP contribution in [0.2, 0.25) is 0 Å². The number of rotatable bonds is 4. The van der Waals surface area contributed by atoms with E-state index < -0.39 is 0 Å². The Hall–Kier alpha value is -0.260. The summed E-state index contributed by atoms with van der Waals surface area (Å²) in [4.78, 5) is 13.7. The van der Waals surface area contributed by atoms with E-state index in [-0.39, 0.29) is 18.0 Å². The second-order valence-corrected chi connectivity index (χ2v) is 5.04. The number of carbonyl (C=O) groups is 1. The molecule has 0 radical (unpaired) electrons. The zero-order chi connectivity index (χ0) is 11.3. The van der Waals surface area contributed by atoms with Crippen molar-refractivity contribution in [1.29, 1.82) is 0 Å². The Morgan fingerprint density at radius 2 is 2.13 bits per heavy atom. The lowest BCUT2D eigenvalue weighted by molar-refractivity contribution is -0.133. The zero-order valence-electron chi connectivity index (χ0n) is 9.32. The Bertz CT molecular complexity index is 205. The van der Waals surface area contributed by atoms with Gasteiger partial charge in [0.15, 0.2) is 0 Å². The van der Waals surface area contributed by atoms with Crippen LogP contribution in [-0.4, -0.2) is 48.0 Å². The summed E-state index contributed by atoms with van der Waals surface area (Å²) < 4.78 is 0. The van der Waals surface area contributed by atoms with E-state index in [1.54, 1.807) is 11.8 Å². The molecule has 4 N–H and O–H groups in total. The maximum atomic E-state index is 11.9. The number of hydrogen-bond acceptors (Lipinski definition) is 4. The molecule has 1 atom stereocenters. The van der Waals surface area contributed by atoms with Crippen LogP contribution < -0.4 is 11.5 Å². The zero-order valence-corrected chi connectivity index (χ0v) is 10.1. The second kappa shape index (κ2) is 6.35. The molecule has 1 heterocycles. The van der Waals surface area contributed by atoms with Gasteiger partial charge in [0.05, 0.1) is 6.04 Å². The van der Waals surface area contributed by atoms with E-state index in [2.05, 4.69) is 0 Å². The summed E-state index contributed by atoms with van der Waals surface area (Å²) in [5, 5.41) is 0. The Morgan fingerprint density at radius 1 is 1.53 bits per heavy atom. The molecule has 0 aliphatic carbocycles. The van der Waals surface area contributed by atoms with Crippen molar-refractivity contribution in [3.05, 3.63) is 0 Å². The summed E-state index contributed by atoms with van der Waals surface area (Å²) in [7, 11) is 0. The molecule has 4 nitrogen and oxygen atoms in total. The van der Waals surface area contributed by atoms with Gasteiger partial charge in [0.2, 0.25) is 5.91 Å². The van der Waals surface area contributed by atoms with E-state index >= 15 is 0 Å². The Kier molecular flexibility index (Phi) is 5.42. The monoisotopic (exact) mass is 231 g/mol. The van der Waals surface area contributed by atoms with Crippen LogP contribution in [0.25, 0.3) is 0 Å². The molecule has 1 amide bonds. The molecular formula is C10H21N3OS. The standard InChI is InChI=1S/C10H21N3OS/c1-15-7-4-9(12)10(14)13-5-2-8(11)3-6-13/h8-9H,2-7,11-12H2,1H3. The number of likely N-dealkylation sites (tertiary alicyclic amines) is 1. The average molecular weight is 231 g/mol. The van der Waals surface area contributed by atoms with Gasteiger partial charge in [-0.25, -0.2) is 0 Å². The van der Waals surface area contributed by atoms with Crippen LogP contribution in [0.1, 0.15) is 19.3 Å². The molecule has 1 aliphatic rings. The van der Waals surface area contributed by atoms with Gasteiger partial charge < -0.3 is 16.4 Å². The number of nitrogens with two attached hydrogens (primary N) is 2. The van der Waals surface area contributed by atoms with E-state index in [4.69, 9.17) is 11.5 Å². The summed E-state index contributed by atoms with van der Waals surface area (Å²) in [6.45, 7) is 1.54. The molecule has 15 heavy (non-hydrogen) atoms. The third-order valence-corrected chi connectivity index (χ3v) is 3.45. The van der Waals surface area contributed by atoms with Gasteiger partial charge in [-0.2, -0.15) is 11.8 Å². The first-order valence-corrected chi connectivity index (χ1v) is 6.83. The van der Waals surface area contributed by atoms with E-state index in [0.29, 0.717) is 0 Å². The fraction of sp³-hybridized carbons (Fsp3) is 0.900. The van der Waals surface area contributed by atoms with Crippen molar-refractivity contribution in [2.45, 2.75) is 31.3 Å². The van der Waals surface area contributed by atoms with Gasteiger partial charge in [-0.3, -0.25) is 4.79 Å². The number of hydrogen-bond donors (Lipinski definition) is 2. The van der Waals surface area contributed by atoms with Gasteiger partial charge in [0, 0.05) is 19.1 Å². The van der Waals surface area contributed by atoms with Crippen molar-refractivity contribution < 1.29 is 4.79 Å². The number of nitrogens with zero attached hydrogens (tertiary/aromatic N) is 1. The first-order valence-electron chi connectivity index (χ1n) is 5.44. The Morgan fingerprint density at radius 3 is 2.67 bits per heavy atom. The second-order valence-electron chi connectivity index (χ2n) is 4.05. The third kappa shape index (κ3) is 4.01. The summed E-state index contributed by atoms with van der Waals surface area (Å²) in [5.41, 5.74) is 11.6. The summed E-state index contributed by atoms with van der Waals surface area (Å²) in [6, 6.07) is -0.0664. The van der Waals surface area contributed by atoms with E-state index in [9.17, 15) is 4.79 Å². The highest BCUT2D eigenvalue weighted by atomic mass is 32.2. The minimum Gasteiger partial charge on any atom is -0.341 e. The highest BCUT2D eigenvalue weighted by molar-refractivity contribution is 7.98. The third-order valence-electron chi connectivity index (χ3n) is 2.80. The first-order chi connectivity index (χ1) is 7.15. The minimum absolute atomic E-state index is 0.0935. The maximum absolute atomic E-state index is 11.9. The van der Waals surface area contributed by atoms with E-state index in [1.165, 1.54) is 0 Å². The lowest BCUT2D eigenvalue weighted by Gasteiger charge is -2.31. The molecule has 1 saturated heterocycles. The molecular weight excluding hydrogens is 210 g/mol. The van der Waals surface area contributed by atoms with Crippen molar-refractivity contribution in [3.8, 4) is 0 Å². The predicted molar refractivity (Wildman–Crippen MR) is 64.8 cm³/mol. The average Bonchev–Trinajstić information content (AvgIpc) is 2.26. The van der Waals surface area contributed by atoms with E-state index in [0.717, 1.165) is 38.1 Å². The van der Waals surface area contributed by atoms with Crippen molar-refractivity contribution in [2.75, 3.05) is 25.1 Å². The van der Waals surface area contributed by atoms with Gasteiger partial charge in [-0.1, -0.05) is 0 Å². The number of carbonyl (C=O) groups excluding carboxylic acids is 1. The summed E-state index contributed by atoms with van der Waals surface area (Å²) in [5.74, 6) is 1.04. The molecule has 0 spiro atoms. The molecule has 0 aromatic heterocycles. The summed E-state index contributed by atoms with van der Waals surface area (Å²) >= 11 is 1.72. The largest absolute Gasteiger partial charge is 0.341 e. The fourth-order valence-corrected chi connectivity index (χ4v) is 2.21. The number of piperidine rings is 1. The van der Waals surface area contributed by atoms with Gasteiger partial charge >= 0.3 is 0 Å².